The quantitative estimate of drug-likeness (QED) is 0.805. The number of rotatable bonds is 6. The summed E-state index contributed by atoms with van der Waals surface area (Å²) >= 11 is 0. The zero-order valence-corrected chi connectivity index (χ0v) is 15.3. The van der Waals surface area contributed by atoms with Crippen molar-refractivity contribution < 1.29 is 5.11 Å². The monoisotopic (exact) mass is 325 g/mol. The van der Waals surface area contributed by atoms with Crippen LogP contribution < -0.4 is 0 Å². The van der Waals surface area contributed by atoms with Crippen molar-refractivity contribution in [2.24, 2.45) is 11.8 Å². The van der Waals surface area contributed by atoms with Crippen molar-refractivity contribution in [1.82, 2.24) is 4.90 Å². The normalized spacial score (nSPS) is 33.6. The first-order valence-electron chi connectivity index (χ1n) is 9.31. The Morgan fingerprint density at radius 3 is 1.92 bits per heavy atom. The summed E-state index contributed by atoms with van der Waals surface area (Å²) in [6, 6.07) is 0. The van der Waals surface area contributed by atoms with E-state index in [1.165, 1.54) is 18.3 Å². The van der Waals surface area contributed by atoms with Gasteiger partial charge in [0.25, 0.3) is 0 Å². The minimum absolute atomic E-state index is 0.0336. The highest BCUT2D eigenvalue weighted by molar-refractivity contribution is 5.38. The second kappa shape index (κ2) is 8.08. The van der Waals surface area contributed by atoms with Crippen molar-refractivity contribution in [1.29, 1.82) is 0 Å². The van der Waals surface area contributed by atoms with Crippen molar-refractivity contribution in [3.05, 3.63) is 63.2 Å². The Labute approximate surface area is 150 Å². The molecule has 3 aliphatic rings. The second-order valence-electron chi connectivity index (χ2n) is 8.19. The highest BCUT2D eigenvalue weighted by atomic mass is 16.3. The van der Waals surface area contributed by atoms with Gasteiger partial charge in [0.15, 0.2) is 0 Å². The third-order valence-electron chi connectivity index (χ3n) is 6.01. The largest absolute Gasteiger partial charge is 0.393 e. The molecule has 0 aromatic carbocycles. The number of hydrogen-bond donors (Lipinski definition) is 1. The van der Waals surface area contributed by atoms with Crippen LogP contribution in [-0.4, -0.2) is 34.7 Å². The van der Waals surface area contributed by atoms with Crippen molar-refractivity contribution in [3.63, 3.8) is 0 Å². The van der Waals surface area contributed by atoms with E-state index in [0.717, 1.165) is 25.9 Å². The molecule has 0 amide bonds. The van der Waals surface area contributed by atoms with Crippen molar-refractivity contribution in [2.75, 3.05) is 13.1 Å². The number of aliphatic hydroxyl groups excluding tert-OH is 1. The van der Waals surface area contributed by atoms with Crippen LogP contribution in [0.2, 0.25) is 0 Å². The minimum Gasteiger partial charge on any atom is -0.393 e. The van der Waals surface area contributed by atoms with Gasteiger partial charge in [0, 0.05) is 24.5 Å². The molecule has 3 saturated carbocycles. The molecule has 0 spiro atoms. The van der Waals surface area contributed by atoms with E-state index < -0.39 is 0 Å². The molecule has 0 aromatic heterocycles. The fourth-order valence-corrected chi connectivity index (χ4v) is 4.35. The molecule has 130 valence electrons. The lowest BCUT2D eigenvalue weighted by Crippen LogP contribution is -2.56. The first-order valence-corrected chi connectivity index (χ1v) is 9.31. The average molecular weight is 325 g/mol. The summed E-state index contributed by atoms with van der Waals surface area (Å²) in [7, 11) is 0. The molecule has 0 saturated heterocycles. The van der Waals surface area contributed by atoms with Gasteiger partial charge in [-0.15, -0.1) is 0 Å². The number of aliphatic hydroxyl groups is 1. The van der Waals surface area contributed by atoms with E-state index in [2.05, 4.69) is 77.0 Å². The maximum atomic E-state index is 10.7. The molecule has 0 aliphatic heterocycles. The SMILES string of the molecule is C[C@@H]1CC[C@@H](C(C)(C)N(C[C]2[CH][CH][CH][CH]2)C[C]2[CH][CH][CH][CH]2)[C@H](O)C1. The van der Waals surface area contributed by atoms with Gasteiger partial charge in [0.05, 0.1) is 6.10 Å². The Kier molecular flexibility index (Phi) is 6.30. The van der Waals surface area contributed by atoms with Crippen LogP contribution in [0.15, 0.2) is 0 Å². The highest BCUT2D eigenvalue weighted by Crippen LogP contribution is 2.41. The van der Waals surface area contributed by atoms with Crippen LogP contribution in [0.5, 0.6) is 0 Å². The molecule has 2 nitrogen and oxygen atoms in total. The van der Waals surface area contributed by atoms with E-state index >= 15 is 0 Å². The predicted octanol–water partition coefficient (Wildman–Crippen LogP) is 3.67. The van der Waals surface area contributed by atoms with Gasteiger partial charge in [0.2, 0.25) is 0 Å². The molecule has 0 heterocycles. The molecular weight excluding hydrogens is 294 g/mol. The average Bonchev–Trinajstić information content (AvgIpc) is 3.19. The summed E-state index contributed by atoms with van der Waals surface area (Å²) < 4.78 is 0. The lowest BCUT2D eigenvalue weighted by molar-refractivity contribution is -0.0406. The van der Waals surface area contributed by atoms with Gasteiger partial charge in [0.1, 0.15) is 0 Å². The van der Waals surface area contributed by atoms with Crippen molar-refractivity contribution in [3.8, 4) is 0 Å². The van der Waals surface area contributed by atoms with Crippen LogP contribution in [0.1, 0.15) is 40.0 Å². The first kappa shape index (κ1) is 18.7. The topological polar surface area (TPSA) is 23.5 Å². The summed E-state index contributed by atoms with van der Waals surface area (Å²) in [4.78, 5) is 2.56. The smallest absolute Gasteiger partial charge is 0.0588 e. The maximum absolute atomic E-state index is 10.7. The summed E-state index contributed by atoms with van der Waals surface area (Å²) in [6.45, 7) is 8.78. The van der Waals surface area contributed by atoms with Gasteiger partial charge in [-0.25, -0.2) is 0 Å². The molecule has 0 aromatic rings. The summed E-state index contributed by atoms with van der Waals surface area (Å²) in [5.74, 6) is 3.69. The Hall–Kier alpha value is -0.0800. The molecule has 3 fully saturated rings. The van der Waals surface area contributed by atoms with Crippen molar-refractivity contribution in [2.45, 2.75) is 51.7 Å². The minimum atomic E-state index is -0.189. The molecule has 2 heteroatoms. The van der Waals surface area contributed by atoms with Crippen LogP contribution in [0.25, 0.3) is 0 Å². The van der Waals surface area contributed by atoms with E-state index in [0.29, 0.717) is 11.8 Å². The maximum Gasteiger partial charge on any atom is 0.0588 e. The van der Waals surface area contributed by atoms with E-state index in [-0.39, 0.29) is 11.6 Å². The highest BCUT2D eigenvalue weighted by Gasteiger charge is 2.43. The molecule has 0 unspecified atom stereocenters. The zero-order valence-electron chi connectivity index (χ0n) is 15.3. The van der Waals surface area contributed by atoms with Gasteiger partial charge in [-0.2, -0.15) is 0 Å². The van der Waals surface area contributed by atoms with Crippen LogP contribution in [0.3, 0.4) is 0 Å². The predicted molar refractivity (Wildman–Crippen MR) is 99.0 cm³/mol. The Morgan fingerprint density at radius 1 is 0.958 bits per heavy atom. The summed E-state index contributed by atoms with van der Waals surface area (Å²) in [6.07, 6.45) is 20.3. The molecule has 3 rings (SSSR count). The van der Waals surface area contributed by atoms with Gasteiger partial charge in [-0.1, -0.05) is 13.3 Å². The molecule has 24 heavy (non-hydrogen) atoms. The Morgan fingerprint density at radius 2 is 1.46 bits per heavy atom. The van der Waals surface area contributed by atoms with E-state index in [9.17, 15) is 5.11 Å². The van der Waals surface area contributed by atoms with Crippen LogP contribution in [0.4, 0.5) is 0 Å². The molecular formula is C22H31NO. The second-order valence-corrected chi connectivity index (χ2v) is 8.19. The van der Waals surface area contributed by atoms with E-state index in [4.69, 9.17) is 0 Å². The van der Waals surface area contributed by atoms with Crippen LogP contribution >= 0.6 is 0 Å². The first-order chi connectivity index (χ1) is 11.5. The Balaban J connectivity index is 1.70. The summed E-state index contributed by atoms with van der Waals surface area (Å²) in [5.41, 5.74) is -0.0336. The van der Waals surface area contributed by atoms with Gasteiger partial charge in [-0.05, 0) is 95.8 Å². The van der Waals surface area contributed by atoms with Gasteiger partial charge < -0.3 is 5.11 Å². The van der Waals surface area contributed by atoms with E-state index in [1.54, 1.807) is 0 Å². The fraction of sp³-hybridized carbons (Fsp3) is 0.545. The van der Waals surface area contributed by atoms with Crippen LogP contribution in [-0.2, 0) is 0 Å². The summed E-state index contributed by atoms with van der Waals surface area (Å²) in [5, 5.41) is 10.7. The molecule has 3 aliphatic carbocycles. The van der Waals surface area contributed by atoms with Crippen molar-refractivity contribution >= 4 is 0 Å². The standard InChI is InChI=1S/C22H31NO/c1-17-12-13-20(21(24)14-17)22(2,3)23(15-18-8-4-5-9-18)16-19-10-6-7-11-19/h4-11,17,20-21,24H,12-16H2,1-3H3/t17-,20-,21-/m1/s1. The Bertz CT molecular complexity index is 363. The molecule has 1 N–H and O–H groups in total. The lowest BCUT2D eigenvalue weighted by Gasteiger charge is -2.49. The van der Waals surface area contributed by atoms with E-state index in [1.807, 2.05) is 0 Å². The third-order valence-corrected chi connectivity index (χ3v) is 6.01. The number of nitrogens with zero attached hydrogens (tertiary/aromatic N) is 1. The molecule has 0 bridgehead atoms. The fourth-order valence-electron chi connectivity index (χ4n) is 4.35. The van der Waals surface area contributed by atoms with Gasteiger partial charge in [-0.3, -0.25) is 4.90 Å². The molecule has 3 atom stereocenters. The zero-order chi connectivity index (χ0) is 17.2. The third kappa shape index (κ3) is 4.36. The lowest BCUT2D eigenvalue weighted by atomic mass is 9.70. The van der Waals surface area contributed by atoms with Gasteiger partial charge >= 0.3 is 0 Å². The number of hydrogen-bond acceptors (Lipinski definition) is 2. The molecule has 10 radical (unpaired) electrons. The van der Waals surface area contributed by atoms with Crippen LogP contribution in [0, 0.1) is 75.0 Å².